The van der Waals surface area contributed by atoms with Crippen molar-refractivity contribution in [2.45, 2.75) is 6.92 Å². The Bertz CT molecular complexity index is 246. The number of hydrogen-bond donors (Lipinski definition) is 1. The Labute approximate surface area is 85.4 Å². The zero-order chi connectivity index (χ0) is 10.6. The van der Waals surface area contributed by atoms with Crippen molar-refractivity contribution >= 4 is 5.90 Å². The molecule has 0 aliphatic carbocycles. The summed E-state index contributed by atoms with van der Waals surface area (Å²) in [6.07, 6.45) is 1.53. The third-order valence-corrected chi connectivity index (χ3v) is 2.16. The van der Waals surface area contributed by atoms with E-state index in [9.17, 15) is 0 Å². The number of aliphatic imine (C=N–C) groups is 1. The van der Waals surface area contributed by atoms with Gasteiger partial charge < -0.3 is 15.4 Å². The molecule has 2 N–H and O–H groups in total. The van der Waals surface area contributed by atoms with E-state index < -0.39 is 0 Å². The molecule has 1 aliphatic heterocycles. The van der Waals surface area contributed by atoms with Crippen molar-refractivity contribution in [2.24, 2.45) is 16.6 Å². The fraction of sp³-hybridized carbons (Fsp3) is 0.700. The molecule has 0 saturated carbocycles. The van der Waals surface area contributed by atoms with E-state index in [1.165, 1.54) is 6.20 Å². The van der Waals surface area contributed by atoms with Crippen molar-refractivity contribution in [2.75, 3.05) is 33.8 Å². The summed E-state index contributed by atoms with van der Waals surface area (Å²) >= 11 is 0. The van der Waals surface area contributed by atoms with E-state index in [4.69, 9.17) is 10.5 Å². The number of hydrogen-bond acceptors (Lipinski definition) is 4. The van der Waals surface area contributed by atoms with Crippen molar-refractivity contribution in [3.63, 3.8) is 0 Å². The Hall–Kier alpha value is -1.03. The highest BCUT2D eigenvalue weighted by molar-refractivity contribution is 5.93. The van der Waals surface area contributed by atoms with E-state index in [0.717, 1.165) is 25.3 Å². The normalized spacial score (nSPS) is 23.3. The summed E-state index contributed by atoms with van der Waals surface area (Å²) in [7, 11) is 4.12. The molecule has 4 nitrogen and oxygen atoms in total. The Morgan fingerprint density at radius 3 is 2.86 bits per heavy atom. The third-order valence-electron chi connectivity index (χ3n) is 2.16. The molecule has 1 heterocycles. The minimum Gasteiger partial charge on any atom is -0.477 e. The van der Waals surface area contributed by atoms with Crippen LogP contribution in [-0.4, -0.2) is 44.6 Å². The Morgan fingerprint density at radius 1 is 1.71 bits per heavy atom. The highest BCUT2D eigenvalue weighted by Crippen LogP contribution is 2.10. The average Bonchev–Trinajstić information content (AvgIpc) is 2.17. The van der Waals surface area contributed by atoms with Gasteiger partial charge in [0.05, 0.1) is 13.2 Å². The van der Waals surface area contributed by atoms with E-state index >= 15 is 0 Å². The van der Waals surface area contributed by atoms with Gasteiger partial charge in [0.2, 0.25) is 5.90 Å². The zero-order valence-corrected chi connectivity index (χ0v) is 9.16. The van der Waals surface area contributed by atoms with Gasteiger partial charge in [0.1, 0.15) is 0 Å². The molecule has 1 atom stereocenters. The van der Waals surface area contributed by atoms with Crippen LogP contribution < -0.4 is 5.73 Å². The Balaban J connectivity index is 2.47. The molecule has 0 aromatic carbocycles. The molecule has 0 amide bonds. The molecule has 1 aliphatic rings. The molecule has 1 rings (SSSR count). The van der Waals surface area contributed by atoms with Gasteiger partial charge in [-0.05, 0) is 21.0 Å². The maximum absolute atomic E-state index is 5.52. The van der Waals surface area contributed by atoms with Crippen LogP contribution in [0.15, 0.2) is 16.8 Å². The monoisotopic (exact) mass is 197 g/mol. The molecule has 0 fully saturated rings. The van der Waals surface area contributed by atoms with Gasteiger partial charge in [-0.25, -0.2) is 0 Å². The summed E-state index contributed by atoms with van der Waals surface area (Å²) in [5.74, 6) is 1.20. The topological polar surface area (TPSA) is 50.8 Å². The van der Waals surface area contributed by atoms with Crippen LogP contribution in [0.1, 0.15) is 6.92 Å². The summed E-state index contributed by atoms with van der Waals surface area (Å²) in [5.41, 5.74) is 6.30. The molecule has 0 saturated heterocycles. The predicted octanol–water partition coefficient (Wildman–Crippen LogP) is 0.455. The molecule has 4 heteroatoms. The molecular formula is C10H19N3O. The summed E-state index contributed by atoms with van der Waals surface area (Å²) in [5, 5.41) is 0. The van der Waals surface area contributed by atoms with Crippen LogP contribution in [0.3, 0.4) is 0 Å². The van der Waals surface area contributed by atoms with Gasteiger partial charge in [0.25, 0.3) is 0 Å². The van der Waals surface area contributed by atoms with Crippen molar-refractivity contribution in [1.82, 2.24) is 4.90 Å². The van der Waals surface area contributed by atoms with Crippen LogP contribution in [0.5, 0.6) is 0 Å². The summed E-state index contributed by atoms with van der Waals surface area (Å²) in [4.78, 5) is 6.51. The predicted molar refractivity (Wildman–Crippen MR) is 58.2 cm³/mol. The summed E-state index contributed by atoms with van der Waals surface area (Å²) in [6, 6.07) is 0. The highest BCUT2D eigenvalue weighted by Gasteiger charge is 2.17. The van der Waals surface area contributed by atoms with Crippen LogP contribution in [0, 0.1) is 5.92 Å². The van der Waals surface area contributed by atoms with Crippen molar-refractivity contribution in [3.05, 3.63) is 11.8 Å². The fourth-order valence-corrected chi connectivity index (χ4v) is 1.44. The van der Waals surface area contributed by atoms with E-state index in [2.05, 4.69) is 24.0 Å². The molecule has 0 radical (unpaired) electrons. The molecule has 80 valence electrons. The van der Waals surface area contributed by atoms with Gasteiger partial charge in [0, 0.05) is 24.2 Å². The van der Waals surface area contributed by atoms with Crippen molar-refractivity contribution < 1.29 is 4.74 Å². The van der Waals surface area contributed by atoms with Gasteiger partial charge in [0.15, 0.2) is 0 Å². The number of ether oxygens (including phenoxy) is 1. The fourth-order valence-electron chi connectivity index (χ4n) is 1.44. The summed E-state index contributed by atoms with van der Waals surface area (Å²) < 4.78 is 5.52. The molecule has 0 spiro atoms. The molecule has 1 unspecified atom stereocenters. The van der Waals surface area contributed by atoms with Crippen molar-refractivity contribution in [3.8, 4) is 0 Å². The van der Waals surface area contributed by atoms with E-state index in [0.29, 0.717) is 11.8 Å². The molecule has 0 bridgehead atoms. The van der Waals surface area contributed by atoms with Gasteiger partial charge in [-0.1, -0.05) is 0 Å². The Kier molecular flexibility index (Phi) is 3.95. The van der Waals surface area contributed by atoms with Crippen LogP contribution >= 0.6 is 0 Å². The lowest BCUT2D eigenvalue weighted by atomic mass is 10.1. The zero-order valence-electron chi connectivity index (χ0n) is 9.16. The lowest BCUT2D eigenvalue weighted by Gasteiger charge is -2.24. The highest BCUT2D eigenvalue weighted by atomic mass is 16.5. The standard InChI is InChI=1S/C10H19N3O/c1-8(4-11)10-12-5-9(7-14-10)6-13(2)3/h4,9H,5-7,11H2,1-3H3. The van der Waals surface area contributed by atoms with Crippen LogP contribution in [-0.2, 0) is 4.74 Å². The van der Waals surface area contributed by atoms with Gasteiger partial charge in [-0.15, -0.1) is 0 Å². The van der Waals surface area contributed by atoms with Gasteiger partial charge in [-0.2, -0.15) is 0 Å². The minimum absolute atomic E-state index is 0.499. The first-order chi connectivity index (χ1) is 6.63. The van der Waals surface area contributed by atoms with E-state index in [1.807, 2.05) is 6.92 Å². The number of nitrogens with two attached hydrogens (primary N) is 1. The number of nitrogens with zero attached hydrogens (tertiary/aromatic N) is 2. The van der Waals surface area contributed by atoms with E-state index in [-0.39, 0.29) is 0 Å². The molecule has 14 heavy (non-hydrogen) atoms. The first kappa shape index (κ1) is 11.0. The second-order valence-electron chi connectivity index (χ2n) is 3.93. The van der Waals surface area contributed by atoms with E-state index in [1.54, 1.807) is 0 Å². The first-order valence-electron chi connectivity index (χ1n) is 4.84. The van der Waals surface area contributed by atoms with Crippen LogP contribution in [0.25, 0.3) is 0 Å². The quantitative estimate of drug-likeness (QED) is 0.715. The minimum atomic E-state index is 0.499. The van der Waals surface area contributed by atoms with Crippen LogP contribution in [0.4, 0.5) is 0 Å². The second-order valence-corrected chi connectivity index (χ2v) is 3.93. The maximum atomic E-state index is 5.52. The maximum Gasteiger partial charge on any atom is 0.213 e. The average molecular weight is 197 g/mol. The Morgan fingerprint density at radius 2 is 2.43 bits per heavy atom. The van der Waals surface area contributed by atoms with Crippen LogP contribution in [0.2, 0.25) is 0 Å². The first-order valence-corrected chi connectivity index (χ1v) is 4.84. The molecular weight excluding hydrogens is 178 g/mol. The largest absolute Gasteiger partial charge is 0.477 e. The number of rotatable bonds is 3. The van der Waals surface area contributed by atoms with Gasteiger partial charge >= 0.3 is 0 Å². The lowest BCUT2D eigenvalue weighted by Crippen LogP contribution is -2.32. The smallest absolute Gasteiger partial charge is 0.213 e. The van der Waals surface area contributed by atoms with Crippen molar-refractivity contribution in [1.29, 1.82) is 0 Å². The SMILES string of the molecule is CC(=CN)C1=NCC(CN(C)C)CO1. The third kappa shape index (κ3) is 3.03. The summed E-state index contributed by atoms with van der Waals surface area (Å²) in [6.45, 7) is 4.49. The lowest BCUT2D eigenvalue weighted by molar-refractivity contribution is 0.188. The van der Waals surface area contributed by atoms with Gasteiger partial charge in [-0.3, -0.25) is 4.99 Å². The molecule has 0 aromatic heterocycles. The second kappa shape index (κ2) is 5.00. The molecule has 0 aromatic rings.